The number of benzene rings is 1. The van der Waals surface area contributed by atoms with Gasteiger partial charge in [0.05, 0.1) is 6.61 Å². The minimum absolute atomic E-state index is 0.752. The SMILES string of the molecule is CCCCCC1CCC(C2CCC(c3ccc(OCC)cc3)C(C)C2)CC1. The molecule has 2 saturated carbocycles. The van der Waals surface area contributed by atoms with Gasteiger partial charge in [-0.1, -0.05) is 64.5 Å². The third kappa shape index (κ3) is 5.75. The fourth-order valence-electron chi connectivity index (χ4n) is 5.97. The van der Waals surface area contributed by atoms with Crippen LogP contribution in [-0.2, 0) is 0 Å². The van der Waals surface area contributed by atoms with Gasteiger partial charge in [-0.25, -0.2) is 0 Å². The Bertz CT molecular complexity index is 526. The summed E-state index contributed by atoms with van der Waals surface area (Å²) in [6.45, 7) is 7.63. The van der Waals surface area contributed by atoms with E-state index in [0.717, 1.165) is 41.9 Å². The van der Waals surface area contributed by atoms with Gasteiger partial charge in [0, 0.05) is 0 Å². The van der Waals surface area contributed by atoms with Gasteiger partial charge in [-0.2, -0.15) is 0 Å². The summed E-state index contributed by atoms with van der Waals surface area (Å²) in [5, 5.41) is 0. The fourth-order valence-corrected chi connectivity index (χ4v) is 5.97. The first-order chi connectivity index (χ1) is 13.2. The summed E-state index contributed by atoms with van der Waals surface area (Å²) < 4.78 is 5.61. The molecule has 0 bridgehead atoms. The molecular weight excluding hydrogens is 328 g/mol. The highest BCUT2D eigenvalue weighted by molar-refractivity contribution is 5.30. The maximum atomic E-state index is 5.61. The summed E-state index contributed by atoms with van der Waals surface area (Å²) in [6, 6.07) is 8.96. The summed E-state index contributed by atoms with van der Waals surface area (Å²) in [5.74, 6) is 5.65. The first-order valence-corrected chi connectivity index (χ1v) is 11.9. The zero-order chi connectivity index (χ0) is 19.1. The van der Waals surface area contributed by atoms with Gasteiger partial charge in [-0.15, -0.1) is 0 Å². The molecule has 2 aliphatic rings. The van der Waals surface area contributed by atoms with Gasteiger partial charge in [0.2, 0.25) is 0 Å². The standard InChI is InChI=1S/C26H42O/c1-4-6-7-8-21-9-11-22(12-10-21)24-15-18-26(20(3)19-24)23-13-16-25(17-14-23)27-5-2/h13-14,16-17,20-22,24,26H,4-12,15,18-19H2,1-3H3. The highest BCUT2D eigenvalue weighted by Gasteiger charge is 2.34. The van der Waals surface area contributed by atoms with E-state index in [-0.39, 0.29) is 0 Å². The summed E-state index contributed by atoms with van der Waals surface area (Å²) >= 11 is 0. The predicted molar refractivity (Wildman–Crippen MR) is 116 cm³/mol. The van der Waals surface area contributed by atoms with Crippen LogP contribution < -0.4 is 4.74 Å². The van der Waals surface area contributed by atoms with Crippen molar-refractivity contribution >= 4 is 0 Å². The second-order valence-corrected chi connectivity index (χ2v) is 9.44. The lowest BCUT2D eigenvalue weighted by molar-refractivity contribution is 0.130. The van der Waals surface area contributed by atoms with Crippen LogP contribution in [0.3, 0.4) is 0 Å². The molecule has 1 nitrogen and oxygen atoms in total. The van der Waals surface area contributed by atoms with Crippen molar-refractivity contribution in [3.63, 3.8) is 0 Å². The van der Waals surface area contributed by atoms with Crippen LogP contribution in [0.25, 0.3) is 0 Å². The molecule has 0 N–H and O–H groups in total. The van der Waals surface area contributed by atoms with Crippen LogP contribution in [0, 0.1) is 23.7 Å². The van der Waals surface area contributed by atoms with Gasteiger partial charge >= 0.3 is 0 Å². The van der Waals surface area contributed by atoms with E-state index >= 15 is 0 Å². The zero-order valence-electron chi connectivity index (χ0n) is 18.1. The topological polar surface area (TPSA) is 9.23 Å². The van der Waals surface area contributed by atoms with Gasteiger partial charge in [-0.3, -0.25) is 0 Å². The molecule has 3 unspecified atom stereocenters. The molecule has 0 heterocycles. The molecule has 0 amide bonds. The monoisotopic (exact) mass is 370 g/mol. The van der Waals surface area contributed by atoms with Crippen molar-refractivity contribution in [2.24, 2.45) is 23.7 Å². The van der Waals surface area contributed by atoms with Gasteiger partial charge in [-0.05, 0) is 86.3 Å². The Hall–Kier alpha value is -0.980. The van der Waals surface area contributed by atoms with Crippen molar-refractivity contribution < 1.29 is 4.74 Å². The first-order valence-electron chi connectivity index (χ1n) is 11.9. The van der Waals surface area contributed by atoms with Crippen LogP contribution in [0.1, 0.15) is 103 Å². The molecule has 152 valence electrons. The highest BCUT2D eigenvalue weighted by Crippen LogP contribution is 2.47. The van der Waals surface area contributed by atoms with Crippen LogP contribution in [0.15, 0.2) is 24.3 Å². The van der Waals surface area contributed by atoms with Gasteiger partial charge in [0.1, 0.15) is 5.75 Å². The fraction of sp³-hybridized carbons (Fsp3) is 0.769. The number of hydrogen-bond acceptors (Lipinski definition) is 1. The van der Waals surface area contributed by atoms with E-state index in [9.17, 15) is 0 Å². The lowest BCUT2D eigenvalue weighted by Crippen LogP contribution is -2.29. The molecule has 1 aromatic carbocycles. The molecule has 3 rings (SSSR count). The maximum Gasteiger partial charge on any atom is 0.119 e. The quantitative estimate of drug-likeness (QED) is 0.421. The van der Waals surface area contributed by atoms with Gasteiger partial charge < -0.3 is 4.74 Å². The minimum Gasteiger partial charge on any atom is -0.494 e. The Morgan fingerprint density at radius 3 is 2.19 bits per heavy atom. The summed E-state index contributed by atoms with van der Waals surface area (Å²) in [5.41, 5.74) is 1.53. The molecule has 0 aromatic heterocycles. The molecule has 0 aliphatic heterocycles. The number of unbranched alkanes of at least 4 members (excludes halogenated alkanes) is 2. The summed E-state index contributed by atoms with van der Waals surface area (Å²) in [7, 11) is 0. The Labute approximate surface area is 168 Å². The Balaban J connectivity index is 1.46. The molecule has 0 saturated heterocycles. The molecule has 27 heavy (non-hydrogen) atoms. The molecule has 3 atom stereocenters. The van der Waals surface area contributed by atoms with Gasteiger partial charge in [0.15, 0.2) is 0 Å². The third-order valence-corrected chi connectivity index (χ3v) is 7.60. The van der Waals surface area contributed by atoms with E-state index in [1.165, 1.54) is 76.2 Å². The second-order valence-electron chi connectivity index (χ2n) is 9.44. The van der Waals surface area contributed by atoms with E-state index in [0.29, 0.717) is 0 Å². The number of hydrogen-bond donors (Lipinski definition) is 0. The van der Waals surface area contributed by atoms with Crippen LogP contribution in [0.2, 0.25) is 0 Å². The summed E-state index contributed by atoms with van der Waals surface area (Å²) in [6.07, 6.45) is 16.1. The Kier molecular flexibility index (Phi) is 8.09. The molecule has 2 aliphatic carbocycles. The summed E-state index contributed by atoms with van der Waals surface area (Å²) in [4.78, 5) is 0. The van der Waals surface area contributed by atoms with Crippen molar-refractivity contribution in [1.29, 1.82) is 0 Å². The van der Waals surface area contributed by atoms with Crippen molar-refractivity contribution in [3.05, 3.63) is 29.8 Å². The predicted octanol–water partition coefficient (Wildman–Crippen LogP) is 7.99. The van der Waals surface area contributed by atoms with E-state index in [1.807, 2.05) is 0 Å². The average Bonchev–Trinajstić information content (AvgIpc) is 2.70. The lowest BCUT2D eigenvalue weighted by atomic mass is 9.65. The van der Waals surface area contributed by atoms with E-state index < -0.39 is 0 Å². The molecular formula is C26H42O. The Morgan fingerprint density at radius 2 is 1.56 bits per heavy atom. The van der Waals surface area contributed by atoms with Crippen LogP contribution in [0.4, 0.5) is 0 Å². The molecule has 1 aromatic rings. The van der Waals surface area contributed by atoms with Crippen LogP contribution in [-0.4, -0.2) is 6.61 Å². The first kappa shape index (κ1) is 20.7. The van der Waals surface area contributed by atoms with Crippen LogP contribution >= 0.6 is 0 Å². The minimum atomic E-state index is 0.752. The maximum absolute atomic E-state index is 5.61. The molecule has 2 fully saturated rings. The van der Waals surface area contributed by atoms with Crippen molar-refractivity contribution in [3.8, 4) is 5.75 Å². The molecule has 1 heteroatoms. The molecule has 0 spiro atoms. The smallest absolute Gasteiger partial charge is 0.119 e. The third-order valence-electron chi connectivity index (χ3n) is 7.60. The van der Waals surface area contributed by atoms with Crippen molar-refractivity contribution in [1.82, 2.24) is 0 Å². The zero-order valence-corrected chi connectivity index (χ0v) is 18.1. The van der Waals surface area contributed by atoms with E-state index in [4.69, 9.17) is 4.74 Å². The normalized spacial score (nSPS) is 31.6. The number of ether oxygens (including phenoxy) is 1. The average molecular weight is 371 g/mol. The number of rotatable bonds is 8. The van der Waals surface area contributed by atoms with Crippen molar-refractivity contribution in [2.45, 2.75) is 97.3 Å². The van der Waals surface area contributed by atoms with Gasteiger partial charge in [0.25, 0.3) is 0 Å². The molecule has 0 radical (unpaired) electrons. The highest BCUT2D eigenvalue weighted by atomic mass is 16.5. The van der Waals surface area contributed by atoms with E-state index in [2.05, 4.69) is 45.0 Å². The van der Waals surface area contributed by atoms with Crippen molar-refractivity contribution in [2.75, 3.05) is 6.61 Å². The lowest BCUT2D eigenvalue weighted by Gasteiger charge is -2.41. The second kappa shape index (κ2) is 10.5. The van der Waals surface area contributed by atoms with Crippen LogP contribution in [0.5, 0.6) is 5.75 Å². The Morgan fingerprint density at radius 1 is 0.852 bits per heavy atom. The largest absolute Gasteiger partial charge is 0.494 e. The van der Waals surface area contributed by atoms with E-state index in [1.54, 1.807) is 0 Å².